The molecule has 2 aromatic rings. The summed E-state index contributed by atoms with van der Waals surface area (Å²) in [6, 6.07) is 3.21. The lowest BCUT2D eigenvalue weighted by Gasteiger charge is -2.06. The highest BCUT2D eigenvalue weighted by molar-refractivity contribution is 5.87. The third kappa shape index (κ3) is 2.47. The molecular weight excluding hydrogens is 254 g/mol. The number of benzene rings is 1. The highest BCUT2D eigenvalue weighted by Gasteiger charge is 2.17. The minimum absolute atomic E-state index is 0.130. The summed E-state index contributed by atoms with van der Waals surface area (Å²) in [5.41, 5.74) is -0.118. The molecular formula is C13H12F2N2O2. The molecule has 0 saturated carbocycles. The van der Waals surface area contributed by atoms with Gasteiger partial charge in [-0.1, -0.05) is 13.8 Å². The Bertz CT molecular complexity index is 612. The van der Waals surface area contributed by atoms with Crippen molar-refractivity contribution < 1.29 is 18.7 Å². The number of carbonyl (C=O) groups is 1. The first-order chi connectivity index (χ1) is 8.90. The average Bonchev–Trinajstić information content (AvgIpc) is 2.77. The molecule has 1 heterocycles. The lowest BCUT2D eigenvalue weighted by atomic mass is 10.1. The van der Waals surface area contributed by atoms with Crippen LogP contribution >= 0.6 is 0 Å². The molecule has 0 radical (unpaired) electrons. The molecule has 1 N–H and O–H groups in total. The van der Waals surface area contributed by atoms with Gasteiger partial charge in [0, 0.05) is 6.20 Å². The van der Waals surface area contributed by atoms with Gasteiger partial charge in [-0.25, -0.2) is 18.3 Å². The number of nitrogens with zero attached hydrogens (tertiary/aromatic N) is 2. The third-order valence-corrected chi connectivity index (χ3v) is 2.69. The molecule has 100 valence electrons. The SMILES string of the molecule is CC(C)c1ccn(-c2c(F)cc(C(=O)O)cc2F)n1. The fraction of sp³-hybridized carbons (Fsp3) is 0.231. The molecule has 1 aromatic carbocycles. The van der Waals surface area contributed by atoms with E-state index in [0.29, 0.717) is 5.69 Å². The second-order valence-electron chi connectivity index (χ2n) is 4.43. The van der Waals surface area contributed by atoms with Crippen LogP contribution in [-0.4, -0.2) is 20.9 Å². The van der Waals surface area contributed by atoms with Crippen molar-refractivity contribution in [2.45, 2.75) is 19.8 Å². The van der Waals surface area contributed by atoms with Crippen LogP contribution in [0.2, 0.25) is 0 Å². The highest BCUT2D eigenvalue weighted by atomic mass is 19.1. The van der Waals surface area contributed by atoms with Gasteiger partial charge in [0.1, 0.15) is 5.69 Å². The number of hydrogen-bond donors (Lipinski definition) is 1. The Morgan fingerprint density at radius 3 is 2.32 bits per heavy atom. The molecule has 4 nitrogen and oxygen atoms in total. The number of hydrogen-bond acceptors (Lipinski definition) is 2. The van der Waals surface area contributed by atoms with Gasteiger partial charge in [-0.15, -0.1) is 0 Å². The first-order valence-electron chi connectivity index (χ1n) is 5.68. The van der Waals surface area contributed by atoms with E-state index in [2.05, 4.69) is 5.10 Å². The lowest BCUT2D eigenvalue weighted by Crippen LogP contribution is -2.07. The lowest BCUT2D eigenvalue weighted by molar-refractivity contribution is 0.0695. The summed E-state index contributed by atoms with van der Waals surface area (Å²) in [6.45, 7) is 3.82. The maximum atomic E-state index is 13.8. The number of halogens is 2. The van der Waals surface area contributed by atoms with E-state index in [1.165, 1.54) is 6.20 Å². The standard InChI is InChI=1S/C13H12F2N2O2/c1-7(2)11-3-4-17(16-11)12-9(14)5-8(13(18)19)6-10(12)15/h3-7H,1-2H3,(H,18,19). The van der Waals surface area contributed by atoms with Gasteiger partial charge in [0.2, 0.25) is 0 Å². The van der Waals surface area contributed by atoms with Crippen molar-refractivity contribution in [2.24, 2.45) is 0 Å². The summed E-state index contributed by atoms with van der Waals surface area (Å²) in [5, 5.41) is 12.8. The van der Waals surface area contributed by atoms with E-state index < -0.39 is 23.2 Å². The van der Waals surface area contributed by atoms with Crippen LogP contribution in [0.5, 0.6) is 0 Å². The Kier molecular flexibility index (Phi) is 3.33. The van der Waals surface area contributed by atoms with Crippen LogP contribution in [0.15, 0.2) is 24.4 Å². The predicted molar refractivity (Wildman–Crippen MR) is 64.5 cm³/mol. The normalized spacial score (nSPS) is 11.0. The summed E-state index contributed by atoms with van der Waals surface area (Å²) in [5.74, 6) is -3.18. The van der Waals surface area contributed by atoms with E-state index in [1.807, 2.05) is 13.8 Å². The molecule has 0 aliphatic rings. The Labute approximate surface area is 108 Å². The summed E-state index contributed by atoms with van der Waals surface area (Å²) in [7, 11) is 0. The second kappa shape index (κ2) is 4.79. The van der Waals surface area contributed by atoms with Crippen molar-refractivity contribution in [3.05, 3.63) is 47.3 Å². The summed E-state index contributed by atoms with van der Waals surface area (Å²) in [6.07, 6.45) is 1.44. The van der Waals surface area contributed by atoms with Gasteiger partial charge in [-0.3, -0.25) is 0 Å². The minimum atomic E-state index is -1.38. The molecule has 2 rings (SSSR count). The minimum Gasteiger partial charge on any atom is -0.478 e. The van der Waals surface area contributed by atoms with E-state index in [4.69, 9.17) is 5.11 Å². The van der Waals surface area contributed by atoms with Crippen LogP contribution in [0.25, 0.3) is 5.69 Å². The summed E-state index contributed by atoms with van der Waals surface area (Å²) < 4.78 is 28.7. The molecule has 19 heavy (non-hydrogen) atoms. The number of carboxylic acid groups (broad SMARTS) is 1. The van der Waals surface area contributed by atoms with E-state index in [1.54, 1.807) is 6.07 Å². The van der Waals surface area contributed by atoms with Crippen molar-refractivity contribution in [3.8, 4) is 5.69 Å². The zero-order chi connectivity index (χ0) is 14.2. The average molecular weight is 266 g/mol. The Hall–Kier alpha value is -2.24. The van der Waals surface area contributed by atoms with Gasteiger partial charge in [-0.2, -0.15) is 5.10 Å². The maximum absolute atomic E-state index is 13.8. The van der Waals surface area contributed by atoms with Crippen LogP contribution in [0, 0.1) is 11.6 Å². The first kappa shape index (κ1) is 13.2. The Balaban J connectivity index is 2.52. The van der Waals surface area contributed by atoms with Gasteiger partial charge in [0.25, 0.3) is 0 Å². The molecule has 0 unspecified atom stereocenters. The van der Waals surface area contributed by atoms with Gasteiger partial charge in [-0.05, 0) is 24.1 Å². The van der Waals surface area contributed by atoms with E-state index in [0.717, 1.165) is 16.8 Å². The first-order valence-corrected chi connectivity index (χ1v) is 5.68. The third-order valence-electron chi connectivity index (χ3n) is 2.69. The smallest absolute Gasteiger partial charge is 0.335 e. The van der Waals surface area contributed by atoms with Crippen LogP contribution in [0.4, 0.5) is 8.78 Å². The topological polar surface area (TPSA) is 55.1 Å². The van der Waals surface area contributed by atoms with Crippen LogP contribution in [-0.2, 0) is 0 Å². The fourth-order valence-corrected chi connectivity index (χ4v) is 1.68. The van der Waals surface area contributed by atoms with Crippen molar-refractivity contribution in [1.82, 2.24) is 9.78 Å². The fourth-order valence-electron chi connectivity index (χ4n) is 1.68. The molecule has 0 atom stereocenters. The van der Waals surface area contributed by atoms with Crippen molar-refractivity contribution in [1.29, 1.82) is 0 Å². The van der Waals surface area contributed by atoms with Gasteiger partial charge >= 0.3 is 5.97 Å². The molecule has 1 aromatic heterocycles. The molecule has 0 fully saturated rings. The Morgan fingerprint density at radius 2 is 1.89 bits per heavy atom. The zero-order valence-corrected chi connectivity index (χ0v) is 10.4. The number of aromatic carboxylic acids is 1. The van der Waals surface area contributed by atoms with Crippen LogP contribution in [0.1, 0.15) is 35.8 Å². The molecule has 0 bridgehead atoms. The molecule has 0 aliphatic carbocycles. The molecule has 0 amide bonds. The molecule has 6 heteroatoms. The van der Waals surface area contributed by atoms with Crippen LogP contribution < -0.4 is 0 Å². The van der Waals surface area contributed by atoms with Crippen molar-refractivity contribution >= 4 is 5.97 Å². The molecule has 0 saturated heterocycles. The number of aromatic nitrogens is 2. The van der Waals surface area contributed by atoms with Crippen molar-refractivity contribution in [2.75, 3.05) is 0 Å². The van der Waals surface area contributed by atoms with Gasteiger partial charge < -0.3 is 5.11 Å². The number of carboxylic acids is 1. The molecule has 0 aliphatic heterocycles. The zero-order valence-electron chi connectivity index (χ0n) is 10.4. The quantitative estimate of drug-likeness (QED) is 0.929. The van der Waals surface area contributed by atoms with E-state index >= 15 is 0 Å². The summed E-state index contributed by atoms with van der Waals surface area (Å²) >= 11 is 0. The Morgan fingerprint density at radius 1 is 1.32 bits per heavy atom. The second-order valence-corrected chi connectivity index (χ2v) is 4.43. The molecule has 0 spiro atoms. The summed E-state index contributed by atoms with van der Waals surface area (Å²) in [4.78, 5) is 10.7. The van der Waals surface area contributed by atoms with E-state index in [9.17, 15) is 13.6 Å². The highest BCUT2D eigenvalue weighted by Crippen LogP contribution is 2.21. The monoisotopic (exact) mass is 266 g/mol. The van der Waals surface area contributed by atoms with Crippen LogP contribution in [0.3, 0.4) is 0 Å². The van der Waals surface area contributed by atoms with Crippen molar-refractivity contribution in [3.63, 3.8) is 0 Å². The number of rotatable bonds is 3. The van der Waals surface area contributed by atoms with E-state index in [-0.39, 0.29) is 11.6 Å². The largest absolute Gasteiger partial charge is 0.478 e. The predicted octanol–water partition coefficient (Wildman–Crippen LogP) is 2.97. The van der Waals surface area contributed by atoms with Gasteiger partial charge in [0.05, 0.1) is 11.3 Å². The maximum Gasteiger partial charge on any atom is 0.335 e. The van der Waals surface area contributed by atoms with Gasteiger partial charge in [0.15, 0.2) is 11.6 Å².